The van der Waals surface area contributed by atoms with Crippen LogP contribution in [-0.4, -0.2) is 22.8 Å². The Bertz CT molecular complexity index is 577. The maximum Gasteiger partial charge on any atom is 0.155 e. The molecule has 0 aromatic rings. The Morgan fingerprint density at radius 1 is 1.09 bits per heavy atom. The fourth-order valence-electron chi connectivity index (χ4n) is 6.39. The van der Waals surface area contributed by atoms with E-state index in [1.54, 1.807) is 0 Å². The number of aliphatic hydroxyl groups is 1. The molecule has 0 aliphatic heterocycles. The molecule has 0 saturated heterocycles. The number of fused-ring (bicyclic) bond motifs is 5. The van der Waals surface area contributed by atoms with E-state index < -0.39 is 6.10 Å². The number of rotatable bonds is 0. The van der Waals surface area contributed by atoms with Gasteiger partial charge in [-0.1, -0.05) is 19.4 Å². The lowest BCUT2D eigenvalue weighted by atomic mass is 9.47. The Labute approximate surface area is 132 Å². The van der Waals surface area contributed by atoms with Gasteiger partial charge < -0.3 is 5.11 Å². The lowest BCUT2D eigenvalue weighted by molar-refractivity contribution is -0.133. The van der Waals surface area contributed by atoms with E-state index in [1.807, 2.05) is 6.08 Å². The third kappa shape index (κ3) is 1.72. The molecule has 0 aromatic carbocycles. The van der Waals surface area contributed by atoms with Gasteiger partial charge in [0.15, 0.2) is 5.78 Å². The van der Waals surface area contributed by atoms with E-state index in [1.165, 1.54) is 5.57 Å². The van der Waals surface area contributed by atoms with Crippen molar-refractivity contribution in [3.8, 4) is 0 Å². The van der Waals surface area contributed by atoms with Gasteiger partial charge in [0.05, 0.1) is 6.10 Å². The van der Waals surface area contributed by atoms with Crippen molar-refractivity contribution in [3.05, 3.63) is 11.6 Å². The van der Waals surface area contributed by atoms with Crippen molar-refractivity contribution < 1.29 is 14.7 Å². The molecule has 6 atom stereocenters. The smallest absolute Gasteiger partial charge is 0.155 e. The van der Waals surface area contributed by atoms with E-state index >= 15 is 0 Å². The zero-order valence-corrected chi connectivity index (χ0v) is 13.6. The molecule has 3 saturated carbocycles. The summed E-state index contributed by atoms with van der Waals surface area (Å²) in [7, 11) is 0. The molecule has 4 aliphatic rings. The van der Waals surface area contributed by atoms with Crippen LogP contribution in [0.2, 0.25) is 0 Å². The molecular weight excluding hydrogens is 276 g/mol. The minimum Gasteiger partial charge on any atom is -0.392 e. The lowest BCUT2D eigenvalue weighted by Crippen LogP contribution is -2.52. The number of hydrogen-bond donors (Lipinski definition) is 1. The van der Waals surface area contributed by atoms with Gasteiger partial charge in [0.25, 0.3) is 0 Å². The van der Waals surface area contributed by atoms with Crippen molar-refractivity contribution in [2.45, 2.75) is 64.9 Å². The van der Waals surface area contributed by atoms with Crippen LogP contribution in [0.25, 0.3) is 0 Å². The molecule has 4 aliphatic carbocycles. The van der Waals surface area contributed by atoms with Gasteiger partial charge in [-0.05, 0) is 55.4 Å². The summed E-state index contributed by atoms with van der Waals surface area (Å²) in [4.78, 5) is 24.2. The highest BCUT2D eigenvalue weighted by Gasteiger charge is 2.61. The van der Waals surface area contributed by atoms with Gasteiger partial charge in [-0.3, -0.25) is 9.59 Å². The first-order valence-electron chi connectivity index (χ1n) is 8.81. The second kappa shape index (κ2) is 4.53. The number of ketones is 2. The molecule has 0 bridgehead atoms. The lowest BCUT2D eigenvalue weighted by Gasteiger charge is -2.57. The van der Waals surface area contributed by atoms with Gasteiger partial charge in [-0.25, -0.2) is 0 Å². The molecule has 1 unspecified atom stereocenters. The maximum atomic E-state index is 12.4. The van der Waals surface area contributed by atoms with E-state index in [-0.39, 0.29) is 28.3 Å². The summed E-state index contributed by atoms with van der Waals surface area (Å²) in [6.07, 6.45) is 7.39. The van der Waals surface area contributed by atoms with Crippen molar-refractivity contribution in [3.63, 3.8) is 0 Å². The quantitative estimate of drug-likeness (QED) is 0.748. The zero-order valence-electron chi connectivity index (χ0n) is 13.6. The highest BCUT2D eigenvalue weighted by Crippen LogP contribution is 2.64. The van der Waals surface area contributed by atoms with Crippen LogP contribution in [0.4, 0.5) is 0 Å². The van der Waals surface area contributed by atoms with E-state index in [0.29, 0.717) is 24.7 Å². The Hall–Kier alpha value is -0.960. The summed E-state index contributed by atoms with van der Waals surface area (Å²) in [5.74, 6) is 1.65. The summed E-state index contributed by atoms with van der Waals surface area (Å²) in [6, 6.07) is 0. The van der Waals surface area contributed by atoms with Crippen LogP contribution in [0.3, 0.4) is 0 Å². The fraction of sp³-hybridized carbons (Fsp3) is 0.789. The molecule has 0 heterocycles. The average Bonchev–Trinajstić information content (AvgIpc) is 2.70. The largest absolute Gasteiger partial charge is 0.392 e. The average molecular weight is 302 g/mol. The number of carbonyl (C=O) groups excluding carboxylic acids is 2. The number of aliphatic hydroxyl groups excluding tert-OH is 1. The Balaban J connectivity index is 1.73. The third-order valence-corrected chi connectivity index (χ3v) is 7.66. The van der Waals surface area contributed by atoms with Crippen molar-refractivity contribution >= 4 is 11.6 Å². The monoisotopic (exact) mass is 302 g/mol. The van der Waals surface area contributed by atoms with Crippen LogP contribution >= 0.6 is 0 Å². The van der Waals surface area contributed by atoms with Gasteiger partial charge in [0.1, 0.15) is 5.78 Å². The van der Waals surface area contributed by atoms with Crippen LogP contribution in [0.5, 0.6) is 0 Å². The fourth-order valence-corrected chi connectivity index (χ4v) is 6.39. The molecule has 1 N–H and O–H groups in total. The predicted octanol–water partition coefficient (Wildman–Crippen LogP) is 3.06. The number of allylic oxidation sites excluding steroid dienone is 1. The Morgan fingerprint density at radius 2 is 1.86 bits per heavy atom. The van der Waals surface area contributed by atoms with Crippen LogP contribution in [0, 0.1) is 28.6 Å². The second-order valence-corrected chi connectivity index (χ2v) is 8.54. The van der Waals surface area contributed by atoms with Crippen molar-refractivity contribution in [2.75, 3.05) is 0 Å². The topological polar surface area (TPSA) is 54.4 Å². The normalized spacial score (nSPS) is 51.0. The van der Waals surface area contributed by atoms with Gasteiger partial charge in [-0.15, -0.1) is 0 Å². The molecule has 3 heteroatoms. The molecule has 4 rings (SSSR count). The minimum absolute atomic E-state index is 0.115. The predicted molar refractivity (Wildman–Crippen MR) is 83.1 cm³/mol. The van der Waals surface area contributed by atoms with Crippen LogP contribution in [-0.2, 0) is 9.59 Å². The molecule has 120 valence electrons. The minimum atomic E-state index is -0.454. The summed E-state index contributed by atoms with van der Waals surface area (Å²) in [5.41, 5.74) is 1.15. The number of Topliss-reactive ketones (excluding diaryl/α,β-unsaturated/α-hetero) is 1. The van der Waals surface area contributed by atoms with Crippen LogP contribution in [0.15, 0.2) is 11.6 Å². The van der Waals surface area contributed by atoms with Gasteiger partial charge in [0, 0.05) is 24.2 Å². The van der Waals surface area contributed by atoms with Gasteiger partial charge in [0.2, 0.25) is 0 Å². The first-order chi connectivity index (χ1) is 10.4. The summed E-state index contributed by atoms with van der Waals surface area (Å²) in [6.45, 7) is 4.42. The molecule has 0 amide bonds. The van der Waals surface area contributed by atoms with E-state index in [4.69, 9.17) is 0 Å². The maximum absolute atomic E-state index is 12.4. The zero-order chi connectivity index (χ0) is 15.7. The second-order valence-electron chi connectivity index (χ2n) is 8.54. The Morgan fingerprint density at radius 3 is 2.64 bits per heavy atom. The Kier molecular flexibility index (Phi) is 3.01. The van der Waals surface area contributed by atoms with Crippen molar-refractivity contribution in [1.29, 1.82) is 0 Å². The highest BCUT2D eigenvalue weighted by atomic mass is 16.3. The van der Waals surface area contributed by atoms with Crippen molar-refractivity contribution in [1.82, 2.24) is 0 Å². The standard InChI is InChI=1S/C19H26O3/c1-18-7-5-12(20)9-11(18)3-4-13-14(18)6-8-19(2)16(22)10-15(21)17(13)19/h9,13-15,17,21H,3-8,10H2,1-2H3/t13-,14+,15+,17-,18+,19?/m1/s1. The SMILES string of the molecule is CC12CC[C@H]3[C@@H](CCC4=CC(=O)CC[C@@]43C)[C@@H]1[C@@H](O)CC2=O. The highest BCUT2D eigenvalue weighted by molar-refractivity contribution is 5.91. The molecule has 0 radical (unpaired) electrons. The van der Waals surface area contributed by atoms with E-state index in [0.717, 1.165) is 32.1 Å². The van der Waals surface area contributed by atoms with Gasteiger partial charge >= 0.3 is 0 Å². The van der Waals surface area contributed by atoms with Gasteiger partial charge in [-0.2, -0.15) is 0 Å². The van der Waals surface area contributed by atoms with Crippen molar-refractivity contribution in [2.24, 2.45) is 28.6 Å². The van der Waals surface area contributed by atoms with E-state index in [2.05, 4.69) is 13.8 Å². The molecule has 3 nitrogen and oxygen atoms in total. The first-order valence-corrected chi connectivity index (χ1v) is 8.81. The summed E-state index contributed by atoms with van der Waals surface area (Å²) >= 11 is 0. The van der Waals surface area contributed by atoms with Crippen LogP contribution in [0.1, 0.15) is 58.8 Å². The van der Waals surface area contributed by atoms with E-state index in [9.17, 15) is 14.7 Å². The summed E-state index contributed by atoms with van der Waals surface area (Å²) in [5, 5.41) is 10.5. The first kappa shape index (κ1) is 14.6. The third-order valence-electron chi connectivity index (χ3n) is 7.66. The molecule has 0 aromatic heterocycles. The number of carbonyl (C=O) groups is 2. The molecule has 22 heavy (non-hydrogen) atoms. The molecule has 3 fully saturated rings. The van der Waals surface area contributed by atoms with Crippen LogP contribution < -0.4 is 0 Å². The summed E-state index contributed by atoms with van der Waals surface area (Å²) < 4.78 is 0. The molecule has 0 spiro atoms. The number of hydrogen-bond acceptors (Lipinski definition) is 3. The molecular formula is C19H26O3.